The Bertz CT molecular complexity index is 920. The van der Waals surface area contributed by atoms with Crippen molar-refractivity contribution in [1.29, 1.82) is 0 Å². The highest BCUT2D eigenvalue weighted by atomic mass is 19.4. The van der Waals surface area contributed by atoms with Crippen molar-refractivity contribution in [3.05, 3.63) is 48.0 Å². The maximum Gasteiger partial charge on any atom is 0.416 e. The number of nitrogens with one attached hydrogen (secondary N) is 3. The predicted molar refractivity (Wildman–Crippen MR) is 94.4 cm³/mol. The van der Waals surface area contributed by atoms with Gasteiger partial charge in [-0.3, -0.25) is 10.2 Å². The molecule has 29 heavy (non-hydrogen) atoms. The summed E-state index contributed by atoms with van der Waals surface area (Å²) in [5.41, 5.74) is 3.16. The van der Waals surface area contributed by atoms with E-state index in [0.29, 0.717) is 17.2 Å². The fraction of sp³-hybridized carbons (Fsp3) is 0.222. The first-order valence-corrected chi connectivity index (χ1v) is 8.33. The molecule has 1 heterocycles. The van der Waals surface area contributed by atoms with Crippen molar-refractivity contribution in [3.63, 3.8) is 0 Å². The molecule has 0 fully saturated rings. The Labute approximate surface area is 162 Å². The van der Waals surface area contributed by atoms with Crippen LogP contribution in [0.15, 0.2) is 42.5 Å². The highest BCUT2D eigenvalue weighted by molar-refractivity contribution is 5.91. The van der Waals surface area contributed by atoms with E-state index < -0.39 is 29.8 Å². The van der Waals surface area contributed by atoms with Gasteiger partial charge in [-0.2, -0.15) is 13.2 Å². The average molecular weight is 411 g/mol. The Morgan fingerprint density at radius 3 is 2.59 bits per heavy atom. The van der Waals surface area contributed by atoms with Gasteiger partial charge >= 0.3 is 12.2 Å². The van der Waals surface area contributed by atoms with Crippen LogP contribution in [0.4, 0.5) is 23.7 Å². The lowest BCUT2D eigenvalue weighted by molar-refractivity contribution is -0.137. The van der Waals surface area contributed by atoms with E-state index in [1.54, 1.807) is 18.2 Å². The normalized spacial score (nSPS) is 13.4. The summed E-state index contributed by atoms with van der Waals surface area (Å²) in [6.45, 7) is 1.55. The van der Waals surface area contributed by atoms with Crippen molar-refractivity contribution in [2.45, 2.75) is 19.2 Å². The summed E-state index contributed by atoms with van der Waals surface area (Å²) < 4.78 is 53.9. The molecule has 1 aliphatic heterocycles. The number of hydrazine groups is 1. The SMILES string of the molecule is C[C@@H](Oc1ccc2c(c1)OCO2)C(=O)NNC(=O)Nc1cccc(C(F)(F)F)c1. The second kappa shape index (κ2) is 8.17. The van der Waals surface area contributed by atoms with Gasteiger partial charge in [-0.1, -0.05) is 6.07 Å². The standard InChI is InChI=1S/C18H16F3N3O5/c1-10(29-13-5-6-14-15(8-13)28-9-27-14)16(25)23-24-17(26)22-12-4-2-3-11(7-12)18(19,20)21/h2-8,10H,9H2,1H3,(H,23,25)(H2,22,24,26)/t10-/m1/s1. The van der Waals surface area contributed by atoms with E-state index in [1.807, 2.05) is 5.43 Å². The van der Waals surface area contributed by atoms with Gasteiger partial charge in [-0.25, -0.2) is 10.2 Å². The van der Waals surface area contributed by atoms with E-state index in [4.69, 9.17) is 14.2 Å². The number of ether oxygens (including phenoxy) is 3. The molecule has 3 rings (SSSR count). The van der Waals surface area contributed by atoms with Gasteiger partial charge in [0.15, 0.2) is 17.6 Å². The van der Waals surface area contributed by atoms with E-state index in [1.165, 1.54) is 13.0 Å². The zero-order valence-electron chi connectivity index (χ0n) is 15.0. The number of rotatable bonds is 4. The molecule has 3 amide bonds. The first-order valence-electron chi connectivity index (χ1n) is 8.33. The average Bonchev–Trinajstić information content (AvgIpc) is 3.13. The van der Waals surface area contributed by atoms with Gasteiger partial charge in [0.2, 0.25) is 6.79 Å². The Morgan fingerprint density at radius 1 is 1.07 bits per heavy atom. The third kappa shape index (κ3) is 5.21. The summed E-state index contributed by atoms with van der Waals surface area (Å²) in [5.74, 6) is 0.711. The van der Waals surface area contributed by atoms with Gasteiger partial charge in [0.25, 0.3) is 5.91 Å². The van der Waals surface area contributed by atoms with Gasteiger partial charge in [-0.05, 0) is 37.3 Å². The number of halogens is 3. The van der Waals surface area contributed by atoms with E-state index in [2.05, 4.69) is 10.7 Å². The summed E-state index contributed by atoms with van der Waals surface area (Å²) in [6.07, 6.45) is -5.52. The van der Waals surface area contributed by atoms with Crippen molar-refractivity contribution in [1.82, 2.24) is 10.9 Å². The van der Waals surface area contributed by atoms with Crippen LogP contribution in [0, 0.1) is 0 Å². The third-order valence-corrected chi connectivity index (χ3v) is 3.77. The Morgan fingerprint density at radius 2 is 1.83 bits per heavy atom. The molecule has 2 aromatic carbocycles. The molecule has 0 saturated carbocycles. The maximum absolute atomic E-state index is 12.7. The molecule has 0 bridgehead atoms. The Balaban J connectivity index is 1.49. The minimum atomic E-state index is -4.54. The lowest BCUT2D eigenvalue weighted by atomic mass is 10.2. The summed E-state index contributed by atoms with van der Waals surface area (Å²) in [5, 5.41) is 2.19. The van der Waals surface area contributed by atoms with Crippen LogP contribution in [-0.2, 0) is 11.0 Å². The molecule has 1 aliphatic rings. The molecule has 0 aliphatic carbocycles. The van der Waals surface area contributed by atoms with Crippen LogP contribution < -0.4 is 30.4 Å². The van der Waals surface area contributed by atoms with Crippen LogP contribution >= 0.6 is 0 Å². The fourth-order valence-corrected chi connectivity index (χ4v) is 2.36. The first kappa shape index (κ1) is 20.1. The Kier molecular flexibility index (Phi) is 5.66. The Hall–Kier alpha value is -3.63. The molecule has 8 nitrogen and oxygen atoms in total. The first-order chi connectivity index (χ1) is 13.7. The number of hydrogen-bond donors (Lipinski definition) is 3. The second-order valence-corrected chi connectivity index (χ2v) is 5.92. The molecule has 2 aromatic rings. The van der Waals surface area contributed by atoms with E-state index in [9.17, 15) is 22.8 Å². The summed E-state index contributed by atoms with van der Waals surface area (Å²) in [4.78, 5) is 23.8. The second-order valence-electron chi connectivity index (χ2n) is 5.92. The zero-order chi connectivity index (χ0) is 21.0. The number of amides is 3. The number of urea groups is 1. The minimum Gasteiger partial charge on any atom is -0.481 e. The van der Waals surface area contributed by atoms with E-state index in [0.717, 1.165) is 18.2 Å². The molecule has 0 radical (unpaired) electrons. The van der Waals surface area contributed by atoms with Gasteiger partial charge in [0.05, 0.1) is 5.56 Å². The van der Waals surface area contributed by atoms with Crippen molar-refractivity contribution in [3.8, 4) is 17.2 Å². The lowest BCUT2D eigenvalue weighted by Crippen LogP contribution is -2.48. The van der Waals surface area contributed by atoms with Gasteiger partial charge in [-0.15, -0.1) is 0 Å². The predicted octanol–water partition coefficient (Wildman–Crippen LogP) is 3.05. The molecule has 0 saturated heterocycles. The van der Waals surface area contributed by atoms with Gasteiger partial charge in [0.1, 0.15) is 5.75 Å². The lowest BCUT2D eigenvalue weighted by Gasteiger charge is -2.16. The van der Waals surface area contributed by atoms with Crippen LogP contribution in [-0.4, -0.2) is 24.8 Å². The molecular formula is C18H16F3N3O5. The largest absolute Gasteiger partial charge is 0.481 e. The third-order valence-electron chi connectivity index (χ3n) is 3.77. The number of carbonyl (C=O) groups excluding carboxylic acids is 2. The molecule has 0 unspecified atom stereocenters. The smallest absolute Gasteiger partial charge is 0.416 e. The summed E-state index contributed by atoms with van der Waals surface area (Å²) >= 11 is 0. The van der Waals surface area contributed by atoms with Gasteiger partial charge < -0.3 is 19.5 Å². The molecule has 0 spiro atoms. The van der Waals surface area contributed by atoms with Crippen LogP contribution in [0.1, 0.15) is 12.5 Å². The topological polar surface area (TPSA) is 97.9 Å². The van der Waals surface area contributed by atoms with Crippen LogP contribution in [0.2, 0.25) is 0 Å². The summed E-state index contributed by atoms with van der Waals surface area (Å²) in [6, 6.07) is 7.93. The summed E-state index contributed by atoms with van der Waals surface area (Å²) in [7, 11) is 0. The van der Waals surface area contributed by atoms with Crippen molar-refractivity contribution in [2.24, 2.45) is 0 Å². The number of alkyl halides is 3. The number of hydrogen-bond acceptors (Lipinski definition) is 5. The van der Waals surface area contributed by atoms with Crippen LogP contribution in [0.5, 0.6) is 17.2 Å². The van der Waals surface area contributed by atoms with Crippen molar-refractivity contribution in [2.75, 3.05) is 12.1 Å². The maximum atomic E-state index is 12.7. The zero-order valence-corrected chi connectivity index (χ0v) is 15.0. The highest BCUT2D eigenvalue weighted by Crippen LogP contribution is 2.35. The fourth-order valence-electron chi connectivity index (χ4n) is 2.36. The van der Waals surface area contributed by atoms with Gasteiger partial charge in [0, 0.05) is 11.8 Å². The quantitative estimate of drug-likeness (QED) is 0.672. The number of benzene rings is 2. The molecular weight excluding hydrogens is 395 g/mol. The number of carbonyl (C=O) groups is 2. The molecule has 1 atom stereocenters. The molecule has 154 valence electrons. The molecule has 11 heteroatoms. The van der Waals surface area contributed by atoms with E-state index >= 15 is 0 Å². The number of anilines is 1. The molecule has 0 aromatic heterocycles. The van der Waals surface area contributed by atoms with E-state index in [-0.39, 0.29) is 12.5 Å². The number of fused-ring (bicyclic) bond motifs is 1. The van der Waals surface area contributed by atoms with Crippen molar-refractivity contribution >= 4 is 17.6 Å². The minimum absolute atomic E-state index is 0.0868. The monoisotopic (exact) mass is 411 g/mol. The van der Waals surface area contributed by atoms with Crippen LogP contribution in [0.25, 0.3) is 0 Å². The van der Waals surface area contributed by atoms with Crippen molar-refractivity contribution < 1.29 is 37.0 Å². The van der Waals surface area contributed by atoms with Crippen LogP contribution in [0.3, 0.4) is 0 Å². The molecule has 3 N–H and O–H groups in total. The highest BCUT2D eigenvalue weighted by Gasteiger charge is 2.30.